The molecule has 4 nitrogen and oxygen atoms in total. The van der Waals surface area contributed by atoms with Crippen LogP contribution < -0.4 is 0 Å². The lowest BCUT2D eigenvalue weighted by Gasteiger charge is -2.24. The molecule has 0 unspecified atom stereocenters. The van der Waals surface area contributed by atoms with Gasteiger partial charge in [-0.3, -0.25) is 4.98 Å². The fourth-order valence-corrected chi connectivity index (χ4v) is 3.45. The second kappa shape index (κ2) is 6.81. The highest BCUT2D eigenvalue weighted by Gasteiger charge is 2.23. The van der Waals surface area contributed by atoms with Crippen LogP contribution in [-0.4, -0.2) is 24.8 Å². The fourth-order valence-electron chi connectivity index (χ4n) is 2.30. The Bertz CT molecular complexity index is 738. The molecule has 2 rings (SSSR count). The van der Waals surface area contributed by atoms with E-state index in [1.807, 2.05) is 18.2 Å². The average Bonchev–Trinajstić information content (AvgIpc) is 2.56. The number of rotatable bonds is 6. The van der Waals surface area contributed by atoms with Gasteiger partial charge in [-0.1, -0.05) is 39.0 Å². The molecule has 1 heterocycles. The van der Waals surface area contributed by atoms with E-state index in [1.54, 1.807) is 37.6 Å². The molecule has 0 atom stereocenters. The lowest BCUT2D eigenvalue weighted by Crippen LogP contribution is -2.26. The minimum atomic E-state index is -3.50. The zero-order chi connectivity index (χ0) is 17.1. The molecule has 0 fully saturated rings. The molecule has 0 bridgehead atoms. The summed E-state index contributed by atoms with van der Waals surface area (Å²) in [4.78, 5) is 4.34. The first kappa shape index (κ1) is 17.6. The van der Waals surface area contributed by atoms with E-state index in [0.29, 0.717) is 11.4 Å². The average molecular weight is 332 g/mol. The fraction of sp³-hybridized carbons (Fsp3) is 0.389. The molecular weight excluding hydrogens is 308 g/mol. The van der Waals surface area contributed by atoms with E-state index >= 15 is 0 Å². The van der Waals surface area contributed by atoms with Gasteiger partial charge in [0.25, 0.3) is 0 Å². The number of pyridine rings is 1. The van der Waals surface area contributed by atoms with Crippen molar-refractivity contribution in [2.75, 3.05) is 7.05 Å². The van der Waals surface area contributed by atoms with Crippen LogP contribution in [0.3, 0.4) is 0 Å². The smallest absolute Gasteiger partial charge is 0.243 e. The van der Waals surface area contributed by atoms with E-state index < -0.39 is 10.0 Å². The summed E-state index contributed by atoms with van der Waals surface area (Å²) in [7, 11) is -1.91. The van der Waals surface area contributed by atoms with Crippen molar-refractivity contribution < 1.29 is 8.42 Å². The molecular formula is C18H24N2O2S. The molecule has 1 aromatic carbocycles. The molecule has 0 N–H and O–H groups in total. The van der Waals surface area contributed by atoms with E-state index in [-0.39, 0.29) is 5.41 Å². The van der Waals surface area contributed by atoms with E-state index in [2.05, 4.69) is 25.8 Å². The van der Waals surface area contributed by atoms with Gasteiger partial charge in [-0.25, -0.2) is 8.42 Å². The molecule has 23 heavy (non-hydrogen) atoms. The topological polar surface area (TPSA) is 50.3 Å². The highest BCUT2D eigenvalue weighted by atomic mass is 32.2. The van der Waals surface area contributed by atoms with Gasteiger partial charge < -0.3 is 0 Å². The van der Waals surface area contributed by atoms with E-state index in [1.165, 1.54) is 4.31 Å². The van der Waals surface area contributed by atoms with Crippen molar-refractivity contribution in [1.29, 1.82) is 0 Å². The first-order valence-corrected chi connectivity index (χ1v) is 9.17. The number of sulfonamides is 1. The number of hydrogen-bond donors (Lipinski definition) is 0. The highest BCUT2D eigenvalue weighted by Crippen LogP contribution is 2.28. The quantitative estimate of drug-likeness (QED) is 0.812. The van der Waals surface area contributed by atoms with Crippen LogP contribution in [0.4, 0.5) is 0 Å². The minimum Gasteiger partial charge on any atom is -0.264 e. The molecule has 0 aliphatic rings. The lowest BCUT2D eigenvalue weighted by molar-refractivity contribution is 0.466. The predicted octanol–water partition coefficient (Wildman–Crippen LogP) is 3.59. The maximum absolute atomic E-state index is 12.7. The minimum absolute atomic E-state index is 0.0455. The zero-order valence-electron chi connectivity index (χ0n) is 14.2. The Labute approximate surface area is 139 Å². The summed E-state index contributed by atoms with van der Waals surface area (Å²) in [6.07, 6.45) is 4.35. The van der Waals surface area contributed by atoms with E-state index in [0.717, 1.165) is 17.5 Å². The van der Waals surface area contributed by atoms with Gasteiger partial charge in [-0.15, -0.1) is 0 Å². The Kier molecular flexibility index (Phi) is 5.22. The molecule has 5 heteroatoms. The number of nitrogens with zero attached hydrogens (tertiary/aromatic N) is 2. The summed E-state index contributed by atoms with van der Waals surface area (Å²) in [5, 5.41) is 0. The van der Waals surface area contributed by atoms with Crippen molar-refractivity contribution in [2.24, 2.45) is 0 Å². The SMILES string of the molecule is CCC(C)(C)c1ccc(S(=O)(=O)N(C)Cc2cccnc2)cc1. The maximum Gasteiger partial charge on any atom is 0.243 e. The summed E-state index contributed by atoms with van der Waals surface area (Å²) in [6, 6.07) is 10.9. The zero-order valence-corrected chi connectivity index (χ0v) is 15.0. The third-order valence-corrected chi connectivity index (χ3v) is 6.17. The molecule has 0 spiro atoms. The number of hydrogen-bond acceptors (Lipinski definition) is 3. The van der Waals surface area contributed by atoms with Crippen LogP contribution >= 0.6 is 0 Å². The largest absolute Gasteiger partial charge is 0.264 e. The first-order valence-electron chi connectivity index (χ1n) is 7.73. The van der Waals surface area contributed by atoms with Crippen molar-refractivity contribution in [3.8, 4) is 0 Å². The Morgan fingerprint density at radius 3 is 2.30 bits per heavy atom. The van der Waals surface area contributed by atoms with Gasteiger partial charge in [0.2, 0.25) is 10.0 Å². The summed E-state index contributed by atoms with van der Waals surface area (Å²) >= 11 is 0. The Morgan fingerprint density at radius 1 is 1.13 bits per heavy atom. The molecule has 0 amide bonds. The molecule has 0 saturated heterocycles. The van der Waals surface area contributed by atoms with Crippen LogP contribution in [0.5, 0.6) is 0 Å². The second-order valence-electron chi connectivity index (χ2n) is 6.38. The molecule has 0 aliphatic heterocycles. The van der Waals surface area contributed by atoms with Gasteiger partial charge in [0.15, 0.2) is 0 Å². The summed E-state index contributed by atoms with van der Waals surface area (Å²) in [5.41, 5.74) is 2.06. The highest BCUT2D eigenvalue weighted by molar-refractivity contribution is 7.89. The molecule has 124 valence electrons. The van der Waals surface area contributed by atoms with Crippen LogP contribution in [-0.2, 0) is 22.0 Å². The van der Waals surface area contributed by atoms with Gasteiger partial charge in [-0.2, -0.15) is 4.31 Å². The number of aromatic nitrogens is 1. The molecule has 2 aromatic rings. The standard InChI is InChI=1S/C18H24N2O2S/c1-5-18(2,3)16-8-10-17(11-9-16)23(21,22)20(4)14-15-7-6-12-19-13-15/h6-13H,5,14H2,1-4H3. The molecule has 0 saturated carbocycles. The van der Waals surface area contributed by atoms with Crippen LogP contribution in [0.1, 0.15) is 38.3 Å². The lowest BCUT2D eigenvalue weighted by atomic mass is 9.82. The molecule has 1 aromatic heterocycles. The third-order valence-electron chi connectivity index (χ3n) is 4.36. The Balaban J connectivity index is 2.22. The Morgan fingerprint density at radius 2 is 1.78 bits per heavy atom. The van der Waals surface area contributed by atoms with Crippen molar-refractivity contribution in [1.82, 2.24) is 9.29 Å². The van der Waals surface area contributed by atoms with Crippen LogP contribution in [0.25, 0.3) is 0 Å². The van der Waals surface area contributed by atoms with Crippen LogP contribution in [0.15, 0.2) is 53.7 Å². The van der Waals surface area contributed by atoms with Crippen molar-refractivity contribution in [3.63, 3.8) is 0 Å². The summed E-state index contributed by atoms with van der Waals surface area (Å²) < 4.78 is 26.7. The van der Waals surface area contributed by atoms with Gasteiger partial charge in [-0.05, 0) is 41.2 Å². The van der Waals surface area contributed by atoms with E-state index in [9.17, 15) is 8.42 Å². The van der Waals surface area contributed by atoms with Crippen molar-refractivity contribution in [2.45, 2.75) is 44.0 Å². The summed E-state index contributed by atoms with van der Waals surface area (Å²) in [6.45, 7) is 6.75. The normalized spacial score (nSPS) is 12.6. The van der Waals surface area contributed by atoms with Crippen LogP contribution in [0, 0.1) is 0 Å². The Hall–Kier alpha value is -1.72. The van der Waals surface area contributed by atoms with Gasteiger partial charge >= 0.3 is 0 Å². The maximum atomic E-state index is 12.7. The van der Waals surface area contributed by atoms with Gasteiger partial charge in [0, 0.05) is 26.0 Å². The number of benzene rings is 1. The summed E-state index contributed by atoms with van der Waals surface area (Å²) in [5.74, 6) is 0. The van der Waals surface area contributed by atoms with Gasteiger partial charge in [0.1, 0.15) is 0 Å². The van der Waals surface area contributed by atoms with Crippen LogP contribution in [0.2, 0.25) is 0 Å². The van der Waals surface area contributed by atoms with Gasteiger partial charge in [0.05, 0.1) is 4.90 Å². The third kappa shape index (κ3) is 3.98. The first-order chi connectivity index (χ1) is 10.8. The predicted molar refractivity (Wildman–Crippen MR) is 92.6 cm³/mol. The van der Waals surface area contributed by atoms with Crippen molar-refractivity contribution in [3.05, 3.63) is 59.9 Å². The van der Waals surface area contributed by atoms with E-state index in [4.69, 9.17) is 0 Å². The molecule has 0 aliphatic carbocycles. The monoisotopic (exact) mass is 332 g/mol. The molecule has 0 radical (unpaired) electrons. The van der Waals surface area contributed by atoms with Crippen molar-refractivity contribution >= 4 is 10.0 Å². The second-order valence-corrected chi connectivity index (χ2v) is 8.43.